The number of methoxy groups -OCH3 is 1. The highest BCUT2D eigenvalue weighted by molar-refractivity contribution is 5.87. The molecule has 0 spiro atoms. The van der Waals surface area contributed by atoms with Crippen LogP contribution in [-0.4, -0.2) is 43.5 Å². The number of ether oxygens (including phenoxy) is 5. The quantitative estimate of drug-likeness (QED) is 0.0742. The second-order valence-corrected chi connectivity index (χ2v) is 15.9. The smallest absolute Gasteiger partial charge is 0.330 e. The zero-order valence-electron chi connectivity index (χ0n) is 32.8. The molecule has 0 aliphatic carbocycles. The van der Waals surface area contributed by atoms with Crippen molar-refractivity contribution in [3.63, 3.8) is 0 Å². The number of carbonyl (C=O) groups excluding carboxylic acids is 2. The Labute approximate surface area is 306 Å². The summed E-state index contributed by atoms with van der Waals surface area (Å²) in [6, 6.07) is 23.3. The van der Waals surface area contributed by atoms with Crippen molar-refractivity contribution in [3.05, 3.63) is 84.4 Å². The molecule has 0 radical (unpaired) electrons. The second kappa shape index (κ2) is 17.8. The Morgan fingerprint density at radius 2 is 1.35 bits per heavy atom. The largest absolute Gasteiger partial charge is 0.496 e. The Balaban J connectivity index is 1.50. The minimum Gasteiger partial charge on any atom is -0.496 e. The van der Waals surface area contributed by atoms with Crippen molar-refractivity contribution in [1.82, 2.24) is 0 Å². The first-order valence-corrected chi connectivity index (χ1v) is 18.1. The molecule has 0 N–H and O–H groups in total. The summed E-state index contributed by atoms with van der Waals surface area (Å²) in [4.78, 5) is 25.8. The van der Waals surface area contributed by atoms with Crippen molar-refractivity contribution in [3.8, 4) is 28.4 Å². The summed E-state index contributed by atoms with van der Waals surface area (Å²) in [5, 5.41) is 0. The van der Waals surface area contributed by atoms with Crippen LogP contribution in [0.25, 0.3) is 17.2 Å². The van der Waals surface area contributed by atoms with Gasteiger partial charge in [-0.05, 0) is 112 Å². The van der Waals surface area contributed by atoms with Crippen molar-refractivity contribution in [2.24, 2.45) is 16.7 Å². The minimum atomic E-state index is -0.583. The fraction of sp³-hybridized carbons (Fsp3) is 0.500. The van der Waals surface area contributed by atoms with E-state index >= 15 is 0 Å². The average Bonchev–Trinajstić information content (AvgIpc) is 3.08. The van der Waals surface area contributed by atoms with Gasteiger partial charge in [0.05, 0.1) is 12.5 Å². The molecule has 3 aromatic rings. The number of rotatable bonds is 18. The SMILES string of the molecule is CCC(C)(CCC(C)(C)Oc1ccc(-c2ccc(OCCOC(=O)/C=C\c3ccccc3OC)cc2)cc1)OC(=O)C(C)(CC(C)C)C(C)(C)C. The molecular formula is C44H60O7. The van der Waals surface area contributed by atoms with Crippen LogP contribution in [0.1, 0.15) is 100 Å². The molecule has 7 nitrogen and oxygen atoms in total. The van der Waals surface area contributed by atoms with Gasteiger partial charge in [-0.1, -0.05) is 84.0 Å². The summed E-state index contributed by atoms with van der Waals surface area (Å²) in [5.74, 6) is 1.98. The molecule has 0 saturated carbocycles. The fourth-order valence-corrected chi connectivity index (χ4v) is 5.85. The number of benzene rings is 3. The third kappa shape index (κ3) is 12.2. The van der Waals surface area contributed by atoms with Crippen molar-refractivity contribution in [1.29, 1.82) is 0 Å². The molecule has 0 bridgehead atoms. The van der Waals surface area contributed by atoms with E-state index in [2.05, 4.69) is 62.3 Å². The molecule has 0 aliphatic rings. The summed E-state index contributed by atoms with van der Waals surface area (Å²) in [6.07, 6.45) is 5.97. The lowest BCUT2D eigenvalue weighted by molar-refractivity contribution is -0.180. The highest BCUT2D eigenvalue weighted by atomic mass is 16.6. The van der Waals surface area contributed by atoms with Crippen LogP contribution in [0.15, 0.2) is 78.9 Å². The third-order valence-electron chi connectivity index (χ3n) is 9.84. The zero-order chi connectivity index (χ0) is 37.9. The number of carbonyl (C=O) groups is 2. The minimum absolute atomic E-state index is 0.114. The van der Waals surface area contributed by atoms with E-state index in [1.807, 2.05) is 79.7 Å². The van der Waals surface area contributed by atoms with Crippen molar-refractivity contribution >= 4 is 18.0 Å². The summed E-state index contributed by atoms with van der Waals surface area (Å²) in [6.45, 7) is 21.4. The summed E-state index contributed by atoms with van der Waals surface area (Å²) < 4.78 is 29.1. The van der Waals surface area contributed by atoms with E-state index < -0.39 is 22.6 Å². The Kier molecular flexibility index (Phi) is 14.4. The van der Waals surface area contributed by atoms with Crippen LogP contribution in [0, 0.1) is 16.7 Å². The summed E-state index contributed by atoms with van der Waals surface area (Å²) >= 11 is 0. The molecule has 3 aromatic carbocycles. The molecule has 0 aromatic heterocycles. The third-order valence-corrected chi connectivity index (χ3v) is 9.84. The Hall–Kier alpha value is -4.26. The predicted octanol–water partition coefficient (Wildman–Crippen LogP) is 10.7. The molecule has 0 saturated heterocycles. The molecule has 278 valence electrons. The van der Waals surface area contributed by atoms with Gasteiger partial charge in [0.1, 0.15) is 41.7 Å². The van der Waals surface area contributed by atoms with Gasteiger partial charge >= 0.3 is 11.9 Å². The standard InChI is InChI=1S/C44H60O7/c1-12-43(9,51-40(46)44(10,31-32(2)3)41(4,5)6)28-27-42(7,8)50-37-24-19-34(20-25-37)33-17-22-36(23-18-33)48-29-30-49-39(45)26-21-35-15-13-14-16-38(35)47-11/h13-26,32H,12,27-31H2,1-11H3/b26-21-. The number of hydrogen-bond donors (Lipinski definition) is 0. The lowest BCUT2D eigenvalue weighted by Gasteiger charge is -2.43. The summed E-state index contributed by atoms with van der Waals surface area (Å²) in [5.41, 5.74) is 1.05. The first-order valence-electron chi connectivity index (χ1n) is 18.1. The summed E-state index contributed by atoms with van der Waals surface area (Å²) in [7, 11) is 1.59. The lowest BCUT2D eigenvalue weighted by Crippen LogP contribution is -2.47. The maximum Gasteiger partial charge on any atom is 0.330 e. The molecule has 0 fully saturated rings. The lowest BCUT2D eigenvalue weighted by atomic mass is 9.64. The van der Waals surface area contributed by atoms with Gasteiger partial charge in [0.25, 0.3) is 0 Å². The molecule has 7 heteroatoms. The van der Waals surface area contributed by atoms with Gasteiger partial charge in [-0.2, -0.15) is 0 Å². The topological polar surface area (TPSA) is 80.3 Å². The Bertz CT molecular complexity index is 1580. The first kappa shape index (κ1) is 41.2. The van der Waals surface area contributed by atoms with Gasteiger partial charge < -0.3 is 23.7 Å². The van der Waals surface area contributed by atoms with Gasteiger partial charge in [0.2, 0.25) is 0 Å². The van der Waals surface area contributed by atoms with Crippen LogP contribution >= 0.6 is 0 Å². The van der Waals surface area contributed by atoms with Crippen LogP contribution < -0.4 is 14.2 Å². The van der Waals surface area contributed by atoms with Crippen molar-refractivity contribution in [2.75, 3.05) is 20.3 Å². The van der Waals surface area contributed by atoms with Gasteiger partial charge in [-0.25, -0.2) is 4.79 Å². The second-order valence-electron chi connectivity index (χ2n) is 15.9. The van der Waals surface area contributed by atoms with E-state index in [1.165, 1.54) is 6.08 Å². The van der Waals surface area contributed by atoms with Crippen molar-refractivity contribution in [2.45, 2.75) is 106 Å². The van der Waals surface area contributed by atoms with E-state index in [0.717, 1.165) is 41.7 Å². The Morgan fingerprint density at radius 3 is 1.90 bits per heavy atom. The maximum atomic E-state index is 13.7. The van der Waals surface area contributed by atoms with Crippen LogP contribution in [0.2, 0.25) is 0 Å². The molecule has 3 rings (SSSR count). The van der Waals surface area contributed by atoms with Gasteiger partial charge in [0, 0.05) is 11.6 Å². The first-order chi connectivity index (χ1) is 23.9. The highest BCUT2D eigenvalue weighted by Crippen LogP contribution is 2.46. The average molecular weight is 701 g/mol. The zero-order valence-corrected chi connectivity index (χ0v) is 32.8. The van der Waals surface area contributed by atoms with E-state index in [9.17, 15) is 9.59 Å². The Morgan fingerprint density at radius 1 is 0.765 bits per heavy atom. The van der Waals surface area contributed by atoms with E-state index in [-0.39, 0.29) is 24.6 Å². The molecule has 51 heavy (non-hydrogen) atoms. The molecule has 0 amide bonds. The fourth-order valence-electron chi connectivity index (χ4n) is 5.85. The van der Waals surface area contributed by atoms with Gasteiger partial charge in [0.15, 0.2) is 0 Å². The maximum absolute atomic E-state index is 13.7. The molecular weight excluding hydrogens is 640 g/mol. The van der Waals surface area contributed by atoms with E-state index in [1.54, 1.807) is 13.2 Å². The molecule has 2 atom stereocenters. The predicted molar refractivity (Wildman–Crippen MR) is 206 cm³/mol. The van der Waals surface area contributed by atoms with Crippen LogP contribution in [0.5, 0.6) is 17.2 Å². The van der Waals surface area contributed by atoms with Crippen LogP contribution in [0.4, 0.5) is 0 Å². The van der Waals surface area contributed by atoms with Crippen LogP contribution in [0.3, 0.4) is 0 Å². The van der Waals surface area contributed by atoms with E-state index in [4.69, 9.17) is 23.7 Å². The molecule has 0 heterocycles. The van der Waals surface area contributed by atoms with Crippen LogP contribution in [-0.2, 0) is 19.1 Å². The van der Waals surface area contributed by atoms with E-state index in [0.29, 0.717) is 23.8 Å². The van der Waals surface area contributed by atoms with Gasteiger partial charge in [-0.15, -0.1) is 0 Å². The molecule has 2 unspecified atom stereocenters. The normalized spacial score (nSPS) is 14.4. The molecule has 0 aliphatic heterocycles. The number of hydrogen-bond acceptors (Lipinski definition) is 7. The van der Waals surface area contributed by atoms with Crippen molar-refractivity contribution < 1.29 is 33.3 Å². The number of esters is 2. The van der Waals surface area contributed by atoms with Gasteiger partial charge in [-0.3, -0.25) is 4.79 Å². The highest BCUT2D eigenvalue weighted by Gasteiger charge is 2.48. The monoisotopic (exact) mass is 700 g/mol. The number of para-hydroxylation sites is 1.